The summed E-state index contributed by atoms with van der Waals surface area (Å²) in [6.07, 6.45) is 0.197. The number of benzene rings is 2. The van der Waals surface area contributed by atoms with E-state index in [2.05, 4.69) is 35.4 Å². The van der Waals surface area contributed by atoms with Crippen LogP contribution >= 0.6 is 0 Å². The van der Waals surface area contributed by atoms with Crippen molar-refractivity contribution in [3.63, 3.8) is 0 Å². The molecule has 28 heavy (non-hydrogen) atoms. The van der Waals surface area contributed by atoms with E-state index in [1.54, 1.807) is 0 Å². The van der Waals surface area contributed by atoms with Gasteiger partial charge in [-0.05, 0) is 28.7 Å². The van der Waals surface area contributed by atoms with Gasteiger partial charge in [-0.15, -0.1) is 0 Å². The van der Waals surface area contributed by atoms with Crippen LogP contribution < -0.4 is 10.6 Å². The average molecular weight is 380 g/mol. The molecule has 5 heteroatoms. The number of carbonyl (C=O) groups excluding carboxylic acids is 2. The molecular weight excluding hydrogens is 350 g/mol. The molecule has 0 saturated carbocycles. The van der Waals surface area contributed by atoms with Crippen LogP contribution in [-0.4, -0.2) is 23.3 Å². The van der Waals surface area contributed by atoms with Gasteiger partial charge in [-0.25, -0.2) is 0 Å². The Morgan fingerprint density at radius 2 is 1.79 bits per heavy atom. The second kappa shape index (κ2) is 9.02. The average Bonchev–Trinajstić information content (AvgIpc) is 3.04. The largest absolute Gasteiger partial charge is 0.349 e. The first kappa shape index (κ1) is 20.1. The lowest BCUT2D eigenvalue weighted by atomic mass is 10.0. The second-order valence-corrected chi connectivity index (χ2v) is 7.92. The maximum Gasteiger partial charge on any atom is 0.226 e. The third kappa shape index (κ3) is 5.20. The molecule has 2 amide bonds. The van der Waals surface area contributed by atoms with Crippen LogP contribution in [0.15, 0.2) is 48.5 Å². The van der Waals surface area contributed by atoms with Crippen LogP contribution in [0, 0.1) is 5.92 Å². The maximum absolute atomic E-state index is 12.8. The summed E-state index contributed by atoms with van der Waals surface area (Å²) in [5.41, 5.74) is 4.28. The number of carbonyl (C=O) groups is 2. The van der Waals surface area contributed by atoms with Gasteiger partial charge in [0.1, 0.15) is 0 Å². The smallest absolute Gasteiger partial charge is 0.226 e. The summed E-state index contributed by atoms with van der Waals surface area (Å²) in [6.45, 7) is 8.74. The lowest BCUT2D eigenvalue weighted by Crippen LogP contribution is -2.30. The molecule has 5 nitrogen and oxygen atoms in total. The van der Waals surface area contributed by atoms with Crippen LogP contribution in [0.2, 0.25) is 0 Å². The fourth-order valence-electron chi connectivity index (χ4n) is 3.82. The number of fused-ring (bicyclic) bond motifs is 1. The van der Waals surface area contributed by atoms with Crippen molar-refractivity contribution in [3.8, 4) is 0 Å². The minimum Gasteiger partial charge on any atom is -0.349 e. The van der Waals surface area contributed by atoms with Gasteiger partial charge in [0.05, 0.1) is 12.5 Å². The highest BCUT2D eigenvalue weighted by molar-refractivity contribution is 5.92. The van der Waals surface area contributed by atoms with Crippen molar-refractivity contribution in [3.05, 3.63) is 65.2 Å². The van der Waals surface area contributed by atoms with Gasteiger partial charge in [0.15, 0.2) is 0 Å². The first-order valence-corrected chi connectivity index (χ1v) is 9.87. The lowest BCUT2D eigenvalue weighted by Gasteiger charge is -2.19. The molecule has 0 aromatic heterocycles. The molecule has 0 aliphatic carbocycles. The summed E-state index contributed by atoms with van der Waals surface area (Å²) in [5, 5.41) is 5.96. The molecule has 1 unspecified atom stereocenters. The van der Waals surface area contributed by atoms with E-state index in [9.17, 15) is 9.59 Å². The fourth-order valence-corrected chi connectivity index (χ4v) is 3.82. The first-order valence-electron chi connectivity index (χ1n) is 9.87. The lowest BCUT2D eigenvalue weighted by molar-refractivity contribution is -0.120. The highest BCUT2D eigenvalue weighted by atomic mass is 16.2. The van der Waals surface area contributed by atoms with Gasteiger partial charge in [0.25, 0.3) is 0 Å². The van der Waals surface area contributed by atoms with Crippen LogP contribution in [0.4, 0.5) is 5.69 Å². The van der Waals surface area contributed by atoms with Crippen molar-refractivity contribution in [1.82, 2.24) is 10.2 Å². The Balaban J connectivity index is 1.70. The zero-order valence-corrected chi connectivity index (χ0v) is 16.9. The van der Waals surface area contributed by atoms with Crippen LogP contribution in [0.1, 0.15) is 49.9 Å². The van der Waals surface area contributed by atoms with Crippen molar-refractivity contribution in [2.24, 2.45) is 5.92 Å². The molecule has 1 atom stereocenters. The van der Waals surface area contributed by atoms with E-state index in [0.717, 1.165) is 30.9 Å². The molecule has 2 aromatic rings. The van der Waals surface area contributed by atoms with Crippen LogP contribution in [0.25, 0.3) is 0 Å². The number of rotatable bonds is 7. The second-order valence-electron chi connectivity index (χ2n) is 7.92. The normalized spacial score (nSPS) is 14.6. The first-order chi connectivity index (χ1) is 13.4. The van der Waals surface area contributed by atoms with Gasteiger partial charge < -0.3 is 10.6 Å². The van der Waals surface area contributed by atoms with Crippen LogP contribution in [-0.2, 0) is 22.7 Å². The number of hydrogen-bond acceptors (Lipinski definition) is 3. The molecule has 0 spiro atoms. The summed E-state index contributed by atoms with van der Waals surface area (Å²) >= 11 is 0. The van der Waals surface area contributed by atoms with E-state index in [0.29, 0.717) is 5.92 Å². The Morgan fingerprint density at radius 1 is 1.04 bits per heavy atom. The zero-order valence-electron chi connectivity index (χ0n) is 16.9. The van der Waals surface area contributed by atoms with Gasteiger partial charge in [0.2, 0.25) is 11.8 Å². The Bertz CT molecular complexity index is 833. The minimum absolute atomic E-state index is 0.0988. The summed E-state index contributed by atoms with van der Waals surface area (Å²) in [4.78, 5) is 26.8. The third-order valence-corrected chi connectivity index (χ3v) is 4.92. The Kier molecular flexibility index (Phi) is 6.47. The van der Waals surface area contributed by atoms with Crippen molar-refractivity contribution >= 4 is 17.5 Å². The molecule has 3 rings (SSSR count). The maximum atomic E-state index is 12.8. The monoisotopic (exact) mass is 379 g/mol. The molecule has 1 aliphatic rings. The molecule has 148 valence electrons. The number of anilines is 1. The Morgan fingerprint density at radius 3 is 2.46 bits per heavy atom. The van der Waals surface area contributed by atoms with Crippen molar-refractivity contribution in [2.45, 2.75) is 46.3 Å². The van der Waals surface area contributed by atoms with E-state index in [-0.39, 0.29) is 24.3 Å². The summed E-state index contributed by atoms with van der Waals surface area (Å²) in [6, 6.07) is 15.4. The van der Waals surface area contributed by atoms with E-state index < -0.39 is 0 Å². The fraction of sp³-hybridized carbons (Fsp3) is 0.391. The van der Waals surface area contributed by atoms with Gasteiger partial charge in [0, 0.05) is 32.2 Å². The van der Waals surface area contributed by atoms with Crippen molar-refractivity contribution < 1.29 is 9.59 Å². The van der Waals surface area contributed by atoms with Gasteiger partial charge >= 0.3 is 0 Å². The summed E-state index contributed by atoms with van der Waals surface area (Å²) in [5.74, 6) is 0.363. The minimum atomic E-state index is -0.340. The number of nitrogens with one attached hydrogen (secondary N) is 2. The molecule has 0 radical (unpaired) electrons. The van der Waals surface area contributed by atoms with Crippen molar-refractivity contribution in [2.75, 3.05) is 11.9 Å². The molecule has 1 heterocycles. The van der Waals surface area contributed by atoms with E-state index in [1.807, 2.05) is 42.5 Å². The highest BCUT2D eigenvalue weighted by Gasteiger charge is 2.23. The molecule has 2 aromatic carbocycles. The standard InChI is InChI=1S/C23H29N3O2/c1-16(2)13-26-14-19-10-7-11-21(20(19)15-26)25-23(28)12-22(24-17(3)27)18-8-5-4-6-9-18/h4-11,16,22H,12-15H2,1-3H3,(H,24,27)(H,25,28). The molecular formula is C23H29N3O2. The number of hydrogen-bond donors (Lipinski definition) is 2. The van der Waals surface area contributed by atoms with E-state index in [4.69, 9.17) is 0 Å². The molecule has 0 saturated heterocycles. The van der Waals surface area contributed by atoms with Gasteiger partial charge in [-0.3, -0.25) is 14.5 Å². The topological polar surface area (TPSA) is 61.4 Å². The highest BCUT2D eigenvalue weighted by Crippen LogP contribution is 2.30. The quantitative estimate of drug-likeness (QED) is 0.768. The van der Waals surface area contributed by atoms with Gasteiger partial charge in [-0.1, -0.05) is 56.3 Å². The van der Waals surface area contributed by atoms with Crippen LogP contribution in [0.3, 0.4) is 0 Å². The van der Waals surface area contributed by atoms with Crippen molar-refractivity contribution in [1.29, 1.82) is 0 Å². The predicted octanol–water partition coefficient (Wildman–Crippen LogP) is 3.86. The summed E-state index contributed by atoms with van der Waals surface area (Å²) < 4.78 is 0. The van der Waals surface area contributed by atoms with Gasteiger partial charge in [-0.2, -0.15) is 0 Å². The zero-order chi connectivity index (χ0) is 20.1. The molecule has 0 fully saturated rings. The molecule has 0 bridgehead atoms. The Labute approximate surface area is 167 Å². The summed E-state index contributed by atoms with van der Waals surface area (Å²) in [7, 11) is 0. The molecule has 2 N–H and O–H groups in total. The number of amides is 2. The SMILES string of the molecule is CC(=O)NC(CC(=O)Nc1cccc2c1CN(CC(C)C)C2)c1ccccc1. The molecule has 1 aliphatic heterocycles. The van der Waals surface area contributed by atoms with Crippen LogP contribution in [0.5, 0.6) is 0 Å². The number of nitrogens with zero attached hydrogens (tertiary/aromatic N) is 1. The Hall–Kier alpha value is -2.66. The third-order valence-electron chi connectivity index (χ3n) is 4.92. The predicted molar refractivity (Wildman–Crippen MR) is 112 cm³/mol. The van der Waals surface area contributed by atoms with E-state index >= 15 is 0 Å². The van der Waals surface area contributed by atoms with E-state index in [1.165, 1.54) is 18.1 Å².